The Balaban J connectivity index is 2.90. The molecule has 0 unspecified atom stereocenters. The van der Waals surface area contributed by atoms with Crippen molar-refractivity contribution in [1.82, 2.24) is 5.32 Å². The van der Waals surface area contributed by atoms with Gasteiger partial charge in [-0.3, -0.25) is 4.79 Å². The minimum absolute atomic E-state index is 0.0880. The maximum atomic E-state index is 11.5. The summed E-state index contributed by atoms with van der Waals surface area (Å²) in [6.07, 6.45) is 0.678. The molecule has 0 radical (unpaired) electrons. The van der Waals surface area contributed by atoms with Crippen LogP contribution in [0.5, 0.6) is 0 Å². The van der Waals surface area contributed by atoms with Gasteiger partial charge in [0.2, 0.25) is 5.91 Å². The van der Waals surface area contributed by atoms with Crippen molar-refractivity contribution in [2.75, 3.05) is 0 Å². The lowest BCUT2D eigenvalue weighted by Gasteiger charge is -2.28. The molecule has 0 bridgehead atoms. The van der Waals surface area contributed by atoms with Crippen molar-refractivity contribution in [3.8, 4) is 6.07 Å². The molecule has 1 rings (SSSR count). The molecular weight excluding hydrogens is 236 g/mol. The van der Waals surface area contributed by atoms with Gasteiger partial charge in [-0.15, -0.1) is 0 Å². The Hall–Kier alpha value is -1.82. The predicted octanol–water partition coefficient (Wildman–Crippen LogP) is 2.96. The molecule has 3 heteroatoms. The summed E-state index contributed by atoms with van der Waals surface area (Å²) in [5, 5.41) is 11.4. The molecule has 1 aromatic rings. The van der Waals surface area contributed by atoms with Gasteiger partial charge in [0.25, 0.3) is 0 Å². The second-order valence-corrected chi connectivity index (χ2v) is 5.82. The predicted molar refractivity (Wildman–Crippen MR) is 76.8 cm³/mol. The largest absolute Gasteiger partial charge is 0.350 e. The molecule has 0 saturated carbocycles. The van der Waals surface area contributed by atoms with Gasteiger partial charge in [0.15, 0.2) is 0 Å². The zero-order valence-corrected chi connectivity index (χ0v) is 12.4. The summed E-state index contributed by atoms with van der Waals surface area (Å²) >= 11 is 0. The smallest absolute Gasteiger partial charge is 0.234 e. The summed E-state index contributed by atoms with van der Waals surface area (Å²) in [5.74, 6) is -0.213. The zero-order chi connectivity index (χ0) is 14.6. The molecule has 0 aromatic heterocycles. The molecule has 0 atom stereocenters. The highest BCUT2D eigenvalue weighted by Gasteiger charge is 2.22. The van der Waals surface area contributed by atoms with Gasteiger partial charge in [-0.1, -0.05) is 17.7 Å². The van der Waals surface area contributed by atoms with Crippen LogP contribution in [0.15, 0.2) is 12.1 Å². The van der Waals surface area contributed by atoms with Crippen molar-refractivity contribution < 1.29 is 4.79 Å². The highest BCUT2D eigenvalue weighted by atomic mass is 16.1. The highest BCUT2D eigenvalue weighted by molar-refractivity contribution is 5.78. The Morgan fingerprint density at radius 2 is 1.79 bits per heavy atom. The van der Waals surface area contributed by atoms with E-state index in [1.807, 2.05) is 19.9 Å². The molecular formula is C16H22N2O. The average molecular weight is 258 g/mol. The number of benzene rings is 1. The number of nitrogens with zero attached hydrogens (tertiary/aromatic N) is 1. The molecule has 1 amide bonds. The van der Waals surface area contributed by atoms with Gasteiger partial charge in [-0.2, -0.15) is 5.26 Å². The standard InChI is InChI=1S/C16H22N2O/c1-11-8-12(2)14(13(3)9-11)10-16(4,5)18-15(19)6-7-17/h8-9H,6,10H2,1-5H3,(H,18,19). The van der Waals surface area contributed by atoms with Crippen LogP contribution in [0.2, 0.25) is 0 Å². The number of carbonyl (C=O) groups is 1. The maximum Gasteiger partial charge on any atom is 0.234 e. The van der Waals surface area contributed by atoms with Crippen LogP contribution in [0, 0.1) is 32.1 Å². The number of hydrogen-bond donors (Lipinski definition) is 1. The Bertz CT molecular complexity index is 501. The fourth-order valence-corrected chi connectivity index (χ4v) is 2.47. The third-order valence-corrected chi connectivity index (χ3v) is 3.18. The molecule has 1 aromatic carbocycles. The van der Waals surface area contributed by atoms with Crippen LogP contribution in [0.3, 0.4) is 0 Å². The summed E-state index contributed by atoms with van der Waals surface area (Å²) in [6, 6.07) is 6.20. The number of amides is 1. The van der Waals surface area contributed by atoms with Gasteiger partial charge in [0, 0.05) is 5.54 Å². The minimum atomic E-state index is -0.349. The third-order valence-electron chi connectivity index (χ3n) is 3.18. The van der Waals surface area contributed by atoms with Crippen molar-refractivity contribution >= 4 is 5.91 Å². The Kier molecular flexibility index (Phi) is 4.72. The lowest BCUT2D eigenvalue weighted by Crippen LogP contribution is -2.45. The zero-order valence-electron chi connectivity index (χ0n) is 12.4. The van der Waals surface area contributed by atoms with Crippen molar-refractivity contribution in [2.24, 2.45) is 0 Å². The summed E-state index contributed by atoms with van der Waals surface area (Å²) in [5.41, 5.74) is 4.68. The second kappa shape index (κ2) is 5.88. The molecule has 0 spiro atoms. The van der Waals surface area contributed by atoms with Gasteiger partial charge >= 0.3 is 0 Å². The molecule has 3 nitrogen and oxygen atoms in total. The first-order chi connectivity index (χ1) is 8.75. The van der Waals surface area contributed by atoms with E-state index in [0.717, 1.165) is 6.42 Å². The number of aryl methyl sites for hydroxylation is 3. The molecule has 0 heterocycles. The summed E-state index contributed by atoms with van der Waals surface area (Å²) in [4.78, 5) is 11.5. The van der Waals surface area contributed by atoms with Crippen LogP contribution in [0.4, 0.5) is 0 Å². The van der Waals surface area contributed by atoms with Crippen molar-refractivity contribution in [2.45, 2.75) is 53.0 Å². The monoisotopic (exact) mass is 258 g/mol. The summed E-state index contributed by atoms with van der Waals surface area (Å²) in [6.45, 7) is 10.3. The van der Waals surface area contributed by atoms with E-state index in [9.17, 15) is 4.79 Å². The topological polar surface area (TPSA) is 52.9 Å². The maximum absolute atomic E-state index is 11.5. The van der Waals surface area contributed by atoms with Crippen molar-refractivity contribution in [3.05, 3.63) is 34.4 Å². The Morgan fingerprint density at radius 1 is 1.26 bits per heavy atom. The van der Waals surface area contributed by atoms with Crippen LogP contribution >= 0.6 is 0 Å². The number of carbonyl (C=O) groups excluding carboxylic acids is 1. The highest BCUT2D eigenvalue weighted by Crippen LogP contribution is 2.21. The quantitative estimate of drug-likeness (QED) is 0.902. The summed E-state index contributed by atoms with van der Waals surface area (Å²) in [7, 11) is 0. The lowest BCUT2D eigenvalue weighted by molar-refractivity contribution is -0.121. The number of rotatable bonds is 4. The van der Waals surface area contributed by atoms with Crippen LogP contribution in [-0.2, 0) is 11.2 Å². The summed E-state index contributed by atoms with van der Waals surface area (Å²) < 4.78 is 0. The molecule has 0 fully saturated rings. The van der Waals surface area contributed by atoms with E-state index < -0.39 is 0 Å². The van der Waals surface area contributed by atoms with Gasteiger partial charge in [0.05, 0.1) is 6.07 Å². The molecule has 0 saturated heterocycles. The number of nitrogens with one attached hydrogen (secondary N) is 1. The fourth-order valence-electron chi connectivity index (χ4n) is 2.47. The van der Waals surface area contributed by atoms with E-state index in [2.05, 4.69) is 38.2 Å². The van der Waals surface area contributed by atoms with E-state index in [1.165, 1.54) is 22.3 Å². The molecule has 0 aliphatic carbocycles. The van der Waals surface area contributed by atoms with E-state index in [4.69, 9.17) is 5.26 Å². The fraction of sp³-hybridized carbons (Fsp3) is 0.500. The first-order valence-corrected chi connectivity index (χ1v) is 6.50. The first kappa shape index (κ1) is 15.2. The van der Waals surface area contributed by atoms with Gasteiger partial charge in [0.1, 0.15) is 6.42 Å². The van der Waals surface area contributed by atoms with E-state index >= 15 is 0 Å². The van der Waals surface area contributed by atoms with E-state index in [0.29, 0.717) is 0 Å². The van der Waals surface area contributed by atoms with Gasteiger partial charge < -0.3 is 5.32 Å². The SMILES string of the molecule is Cc1cc(C)c(CC(C)(C)NC(=O)CC#N)c(C)c1. The molecule has 1 N–H and O–H groups in total. The van der Waals surface area contributed by atoms with Gasteiger partial charge in [-0.05, 0) is 57.7 Å². The Labute approximate surface area is 115 Å². The van der Waals surface area contributed by atoms with E-state index in [1.54, 1.807) is 0 Å². The molecule has 0 aliphatic rings. The molecule has 102 valence electrons. The van der Waals surface area contributed by atoms with Crippen LogP contribution < -0.4 is 5.32 Å². The van der Waals surface area contributed by atoms with Crippen molar-refractivity contribution in [3.63, 3.8) is 0 Å². The number of hydrogen-bond acceptors (Lipinski definition) is 2. The van der Waals surface area contributed by atoms with Gasteiger partial charge in [-0.25, -0.2) is 0 Å². The molecule has 0 aliphatic heterocycles. The van der Waals surface area contributed by atoms with E-state index in [-0.39, 0.29) is 17.9 Å². The molecule has 19 heavy (non-hydrogen) atoms. The lowest BCUT2D eigenvalue weighted by atomic mass is 9.88. The van der Waals surface area contributed by atoms with Crippen LogP contribution in [0.25, 0.3) is 0 Å². The van der Waals surface area contributed by atoms with Crippen molar-refractivity contribution in [1.29, 1.82) is 5.26 Å². The Morgan fingerprint density at radius 3 is 2.26 bits per heavy atom. The second-order valence-electron chi connectivity index (χ2n) is 5.82. The number of nitriles is 1. The first-order valence-electron chi connectivity index (χ1n) is 6.50. The normalized spacial score (nSPS) is 10.9. The minimum Gasteiger partial charge on any atom is -0.350 e. The van der Waals surface area contributed by atoms with Crippen LogP contribution in [0.1, 0.15) is 42.5 Å². The average Bonchev–Trinajstić information content (AvgIpc) is 2.23. The van der Waals surface area contributed by atoms with Crippen LogP contribution in [-0.4, -0.2) is 11.4 Å². The third kappa shape index (κ3) is 4.40.